The van der Waals surface area contributed by atoms with E-state index in [-0.39, 0.29) is 5.69 Å². The van der Waals surface area contributed by atoms with Gasteiger partial charge in [0.15, 0.2) is 4.08 Å². The van der Waals surface area contributed by atoms with Crippen LogP contribution in [0.4, 0.5) is 13.2 Å². The minimum atomic E-state index is -4.32. The molecule has 1 saturated heterocycles. The Kier molecular flexibility index (Phi) is 3.96. The standard InChI is InChI=1S/C14H13F3N2S2/c15-14(16,17)13(20-7-4-8-21-13)11-9-18-12(19-11)10-5-2-1-3-6-10/h1-3,5-6,9H,4,7-8H2,(H,18,19). The number of H-pyrrole nitrogens is 1. The first-order valence-corrected chi connectivity index (χ1v) is 8.45. The molecule has 0 amide bonds. The van der Waals surface area contributed by atoms with E-state index >= 15 is 0 Å². The summed E-state index contributed by atoms with van der Waals surface area (Å²) in [5, 5.41) is 0. The van der Waals surface area contributed by atoms with Gasteiger partial charge in [-0.15, -0.1) is 23.5 Å². The SMILES string of the molecule is FC(F)(F)C1(c2cnc(-c3ccccc3)[nH]2)SCCCS1. The van der Waals surface area contributed by atoms with Crippen LogP contribution in [0.5, 0.6) is 0 Å². The van der Waals surface area contributed by atoms with Crippen molar-refractivity contribution in [3.05, 3.63) is 42.2 Å². The van der Waals surface area contributed by atoms with Crippen molar-refractivity contribution in [2.75, 3.05) is 11.5 Å². The van der Waals surface area contributed by atoms with Crippen molar-refractivity contribution in [2.45, 2.75) is 16.7 Å². The maximum absolute atomic E-state index is 13.6. The van der Waals surface area contributed by atoms with Gasteiger partial charge in [-0.25, -0.2) is 4.98 Å². The van der Waals surface area contributed by atoms with E-state index in [0.29, 0.717) is 17.3 Å². The first-order chi connectivity index (χ1) is 10.0. The van der Waals surface area contributed by atoms with E-state index in [1.54, 1.807) is 0 Å². The Bertz CT molecular complexity index is 604. The Morgan fingerprint density at radius 2 is 1.76 bits per heavy atom. The molecule has 1 fully saturated rings. The Morgan fingerprint density at radius 3 is 2.38 bits per heavy atom. The number of rotatable bonds is 2. The Hall–Kier alpha value is -1.08. The quantitative estimate of drug-likeness (QED) is 0.868. The zero-order valence-electron chi connectivity index (χ0n) is 11.0. The molecule has 2 heterocycles. The van der Waals surface area contributed by atoms with Crippen molar-refractivity contribution in [1.29, 1.82) is 0 Å². The fourth-order valence-corrected chi connectivity index (χ4v) is 5.25. The van der Waals surface area contributed by atoms with Crippen molar-refractivity contribution in [3.63, 3.8) is 0 Å². The molecule has 2 nitrogen and oxygen atoms in total. The van der Waals surface area contributed by atoms with E-state index in [2.05, 4.69) is 9.97 Å². The van der Waals surface area contributed by atoms with Crippen molar-refractivity contribution in [2.24, 2.45) is 0 Å². The van der Waals surface area contributed by atoms with Gasteiger partial charge in [0, 0.05) is 5.56 Å². The summed E-state index contributed by atoms with van der Waals surface area (Å²) in [4.78, 5) is 7.01. The summed E-state index contributed by atoms with van der Waals surface area (Å²) in [6.45, 7) is 0. The Balaban J connectivity index is 2.00. The van der Waals surface area contributed by atoms with Crippen LogP contribution in [0.2, 0.25) is 0 Å². The number of alkyl halides is 3. The highest BCUT2D eigenvalue weighted by molar-refractivity contribution is 8.18. The second kappa shape index (κ2) is 5.61. The first-order valence-electron chi connectivity index (χ1n) is 6.48. The highest BCUT2D eigenvalue weighted by atomic mass is 32.2. The molecule has 1 N–H and O–H groups in total. The highest BCUT2D eigenvalue weighted by Crippen LogP contribution is 2.59. The normalized spacial score (nSPS) is 18.6. The lowest BCUT2D eigenvalue weighted by atomic mass is 10.2. The molecule has 0 bridgehead atoms. The van der Waals surface area contributed by atoms with Crippen molar-refractivity contribution >= 4 is 23.5 Å². The molecule has 3 rings (SSSR count). The molecule has 0 aliphatic carbocycles. The topological polar surface area (TPSA) is 28.7 Å². The number of thioether (sulfide) groups is 2. The molecule has 1 aliphatic heterocycles. The third kappa shape index (κ3) is 2.68. The molecular formula is C14H13F3N2S2. The molecule has 0 spiro atoms. The van der Waals surface area contributed by atoms with Crippen LogP contribution in [0.15, 0.2) is 36.5 Å². The number of halogens is 3. The smallest absolute Gasteiger partial charge is 0.340 e. The van der Waals surface area contributed by atoms with E-state index in [1.807, 2.05) is 30.3 Å². The lowest BCUT2D eigenvalue weighted by Gasteiger charge is -2.36. The molecule has 7 heteroatoms. The van der Waals surface area contributed by atoms with Gasteiger partial charge in [-0.05, 0) is 17.9 Å². The first kappa shape index (κ1) is 14.8. The molecular weight excluding hydrogens is 317 g/mol. The number of hydrogen-bond donors (Lipinski definition) is 1. The number of imidazole rings is 1. The largest absolute Gasteiger partial charge is 0.417 e. The molecule has 0 unspecified atom stereocenters. The van der Waals surface area contributed by atoms with Crippen LogP contribution in [0.3, 0.4) is 0 Å². The van der Waals surface area contributed by atoms with Gasteiger partial charge in [0.25, 0.3) is 0 Å². The molecule has 2 aromatic rings. The maximum atomic E-state index is 13.6. The van der Waals surface area contributed by atoms with E-state index in [4.69, 9.17) is 0 Å². The van der Waals surface area contributed by atoms with Gasteiger partial charge in [-0.3, -0.25) is 0 Å². The summed E-state index contributed by atoms with van der Waals surface area (Å²) in [6.07, 6.45) is -2.20. The Labute approximate surface area is 128 Å². The average Bonchev–Trinajstić information content (AvgIpc) is 2.98. The third-order valence-corrected chi connectivity index (χ3v) is 6.66. The van der Waals surface area contributed by atoms with E-state index in [0.717, 1.165) is 35.5 Å². The zero-order chi connectivity index (χ0) is 14.9. The second-order valence-corrected chi connectivity index (χ2v) is 7.55. The lowest BCUT2D eigenvalue weighted by molar-refractivity contribution is -0.139. The van der Waals surface area contributed by atoms with Gasteiger partial charge in [-0.1, -0.05) is 30.3 Å². The number of nitrogens with zero attached hydrogens (tertiary/aromatic N) is 1. The van der Waals surface area contributed by atoms with E-state index in [1.165, 1.54) is 6.20 Å². The van der Waals surface area contributed by atoms with Gasteiger partial charge in [-0.2, -0.15) is 13.2 Å². The summed E-state index contributed by atoms with van der Waals surface area (Å²) in [7, 11) is 0. The van der Waals surface area contributed by atoms with Crippen LogP contribution in [0, 0.1) is 0 Å². The van der Waals surface area contributed by atoms with E-state index < -0.39 is 10.3 Å². The molecule has 1 aliphatic rings. The highest BCUT2D eigenvalue weighted by Gasteiger charge is 2.59. The lowest BCUT2D eigenvalue weighted by Crippen LogP contribution is -2.39. The number of aromatic amines is 1. The van der Waals surface area contributed by atoms with Crippen LogP contribution in [0.25, 0.3) is 11.4 Å². The monoisotopic (exact) mass is 330 g/mol. The second-order valence-electron chi connectivity index (χ2n) is 4.68. The molecule has 1 aromatic heterocycles. The van der Waals surface area contributed by atoms with Crippen molar-refractivity contribution < 1.29 is 13.2 Å². The van der Waals surface area contributed by atoms with Crippen LogP contribution < -0.4 is 0 Å². The van der Waals surface area contributed by atoms with E-state index in [9.17, 15) is 13.2 Å². The van der Waals surface area contributed by atoms with Gasteiger partial charge in [0.05, 0.1) is 11.9 Å². The molecule has 0 radical (unpaired) electrons. The summed E-state index contributed by atoms with van der Waals surface area (Å²) < 4.78 is 38.9. The molecule has 112 valence electrons. The van der Waals surface area contributed by atoms with Crippen molar-refractivity contribution in [1.82, 2.24) is 9.97 Å². The molecule has 1 aromatic carbocycles. The fraction of sp³-hybridized carbons (Fsp3) is 0.357. The summed E-state index contributed by atoms with van der Waals surface area (Å²) in [5.74, 6) is 1.49. The van der Waals surface area contributed by atoms with Crippen molar-refractivity contribution in [3.8, 4) is 11.4 Å². The fourth-order valence-electron chi connectivity index (χ4n) is 2.24. The number of nitrogens with one attached hydrogen (secondary N) is 1. The molecule has 0 atom stereocenters. The minimum absolute atomic E-state index is 0.128. The molecule has 21 heavy (non-hydrogen) atoms. The Morgan fingerprint density at radius 1 is 1.10 bits per heavy atom. The van der Waals surface area contributed by atoms with Gasteiger partial charge >= 0.3 is 6.18 Å². The van der Waals surface area contributed by atoms with Gasteiger partial charge < -0.3 is 4.98 Å². The van der Waals surface area contributed by atoms with Gasteiger partial charge in [0.2, 0.25) is 0 Å². The summed E-state index contributed by atoms with van der Waals surface area (Å²) >= 11 is 1.89. The van der Waals surface area contributed by atoms with Crippen LogP contribution in [0.1, 0.15) is 12.1 Å². The third-order valence-electron chi connectivity index (χ3n) is 3.25. The van der Waals surface area contributed by atoms with Crippen LogP contribution in [-0.4, -0.2) is 27.6 Å². The predicted octanol–water partition coefficient (Wildman–Crippen LogP) is 4.66. The average molecular weight is 330 g/mol. The van der Waals surface area contributed by atoms with Gasteiger partial charge in [0.1, 0.15) is 5.82 Å². The predicted molar refractivity (Wildman–Crippen MR) is 81.3 cm³/mol. The molecule has 0 saturated carbocycles. The van der Waals surface area contributed by atoms with Crippen LogP contribution in [-0.2, 0) is 4.08 Å². The number of hydrogen-bond acceptors (Lipinski definition) is 3. The minimum Gasteiger partial charge on any atom is -0.340 e. The maximum Gasteiger partial charge on any atom is 0.417 e. The zero-order valence-corrected chi connectivity index (χ0v) is 12.6. The summed E-state index contributed by atoms with van der Waals surface area (Å²) in [6, 6.07) is 9.17. The summed E-state index contributed by atoms with van der Waals surface area (Å²) in [5.41, 5.74) is 0.912. The number of benzene rings is 1. The van der Waals surface area contributed by atoms with Crippen LogP contribution >= 0.6 is 23.5 Å². The number of aromatic nitrogens is 2.